The van der Waals surface area contributed by atoms with E-state index < -0.39 is 0 Å². The molecule has 0 nitrogen and oxygen atoms in total. The van der Waals surface area contributed by atoms with Gasteiger partial charge in [0.2, 0.25) is 0 Å². The molecular formula is C10H9I. The van der Waals surface area contributed by atoms with Gasteiger partial charge < -0.3 is 0 Å². The average Bonchev–Trinajstić information content (AvgIpc) is 2.03. The van der Waals surface area contributed by atoms with Crippen molar-refractivity contribution in [2.75, 3.05) is 4.43 Å². The molecule has 0 saturated carbocycles. The van der Waals surface area contributed by atoms with Crippen LogP contribution < -0.4 is 0 Å². The van der Waals surface area contributed by atoms with Crippen LogP contribution in [-0.2, 0) is 0 Å². The maximum absolute atomic E-state index is 2.94. The second-order valence-corrected chi connectivity index (χ2v) is 2.38. The Morgan fingerprint density at radius 1 is 0.909 bits per heavy atom. The molecule has 0 radical (unpaired) electrons. The highest BCUT2D eigenvalue weighted by Gasteiger charge is 1.66. The van der Waals surface area contributed by atoms with Crippen molar-refractivity contribution in [3.63, 3.8) is 0 Å². The third kappa shape index (κ3) is 9.41. The molecule has 0 rings (SSSR count). The van der Waals surface area contributed by atoms with Gasteiger partial charge in [-0.3, -0.25) is 0 Å². The molecule has 0 aromatic carbocycles. The standard InChI is InChI=1S/C10H9I/c1-2-3-4-5-6-7-8-9-10-11/h4,7,10H2,1H3. The van der Waals surface area contributed by atoms with Gasteiger partial charge in [-0.15, -0.1) is 5.92 Å². The molecule has 0 N–H and O–H groups in total. The molecule has 0 amide bonds. The molecule has 0 aromatic heterocycles. The van der Waals surface area contributed by atoms with Crippen LogP contribution in [0.3, 0.4) is 0 Å². The van der Waals surface area contributed by atoms with Gasteiger partial charge in [-0.1, -0.05) is 52.2 Å². The lowest BCUT2D eigenvalue weighted by Crippen LogP contribution is -1.63. The minimum absolute atomic E-state index is 0.669. The Morgan fingerprint density at radius 3 is 2.00 bits per heavy atom. The van der Waals surface area contributed by atoms with E-state index in [0.717, 1.165) is 4.43 Å². The monoisotopic (exact) mass is 256 g/mol. The maximum atomic E-state index is 2.94. The Hall–Kier alpha value is -0.590. The minimum atomic E-state index is 0.669. The topological polar surface area (TPSA) is 0 Å². The summed E-state index contributed by atoms with van der Waals surface area (Å²) in [6.45, 7) is 1.82. The Labute approximate surface area is 82.3 Å². The second-order valence-electron chi connectivity index (χ2n) is 1.62. The summed E-state index contributed by atoms with van der Waals surface area (Å²) in [7, 11) is 0. The summed E-state index contributed by atoms with van der Waals surface area (Å²) in [4.78, 5) is 0. The molecule has 56 valence electrons. The predicted octanol–water partition coefficient (Wildman–Crippen LogP) is 2.23. The predicted molar refractivity (Wildman–Crippen MR) is 57.1 cm³/mol. The third-order valence-electron chi connectivity index (χ3n) is 0.847. The molecule has 0 aromatic rings. The molecule has 0 aliphatic heterocycles. The van der Waals surface area contributed by atoms with Crippen molar-refractivity contribution in [1.29, 1.82) is 0 Å². The normalized spacial score (nSPS) is 6.00. The van der Waals surface area contributed by atoms with Gasteiger partial charge in [-0.05, 0) is 6.92 Å². The highest BCUT2D eigenvalue weighted by Crippen LogP contribution is 1.77. The first-order chi connectivity index (χ1) is 5.41. The molecular weight excluding hydrogens is 247 g/mol. The van der Waals surface area contributed by atoms with Crippen molar-refractivity contribution >= 4 is 22.6 Å². The largest absolute Gasteiger partial charge is 0.106 e. The summed E-state index contributed by atoms with van der Waals surface area (Å²) < 4.78 is 0.883. The third-order valence-corrected chi connectivity index (χ3v) is 1.23. The highest BCUT2D eigenvalue weighted by atomic mass is 127. The minimum Gasteiger partial charge on any atom is -0.106 e. The molecule has 1 heteroatoms. The summed E-state index contributed by atoms with van der Waals surface area (Å²) in [5.74, 6) is 17.4. The first-order valence-corrected chi connectivity index (χ1v) is 4.81. The van der Waals surface area contributed by atoms with Gasteiger partial charge in [-0.2, -0.15) is 0 Å². The highest BCUT2D eigenvalue weighted by molar-refractivity contribution is 14.1. The number of alkyl halides is 1. The van der Waals surface area contributed by atoms with Crippen LogP contribution >= 0.6 is 22.6 Å². The van der Waals surface area contributed by atoms with Crippen molar-refractivity contribution in [2.24, 2.45) is 0 Å². The van der Waals surface area contributed by atoms with Crippen LogP contribution in [0.4, 0.5) is 0 Å². The molecule has 0 aliphatic rings. The van der Waals surface area contributed by atoms with E-state index in [1.54, 1.807) is 0 Å². The van der Waals surface area contributed by atoms with Gasteiger partial charge in [-0.25, -0.2) is 0 Å². The van der Waals surface area contributed by atoms with Gasteiger partial charge >= 0.3 is 0 Å². The first kappa shape index (κ1) is 10.4. The van der Waals surface area contributed by atoms with E-state index in [-0.39, 0.29) is 0 Å². The van der Waals surface area contributed by atoms with Crippen LogP contribution in [0.25, 0.3) is 0 Å². The number of hydrogen-bond acceptors (Lipinski definition) is 0. The lowest BCUT2D eigenvalue weighted by molar-refractivity contribution is 1.49. The van der Waals surface area contributed by atoms with E-state index in [9.17, 15) is 0 Å². The van der Waals surface area contributed by atoms with E-state index in [4.69, 9.17) is 0 Å². The van der Waals surface area contributed by atoms with Crippen LogP contribution in [0.2, 0.25) is 0 Å². The SMILES string of the molecule is CC#CCC#CCC#CCI. The fraction of sp³-hybridized carbons (Fsp3) is 0.400. The fourth-order valence-corrected chi connectivity index (χ4v) is 0.681. The fourth-order valence-electron chi connectivity index (χ4n) is 0.412. The van der Waals surface area contributed by atoms with E-state index in [0.29, 0.717) is 12.8 Å². The van der Waals surface area contributed by atoms with Crippen molar-refractivity contribution < 1.29 is 0 Å². The van der Waals surface area contributed by atoms with E-state index in [1.807, 2.05) is 6.92 Å². The Balaban J connectivity index is 3.45. The molecule has 0 fully saturated rings. The van der Waals surface area contributed by atoms with Crippen LogP contribution in [0, 0.1) is 35.5 Å². The summed E-state index contributed by atoms with van der Waals surface area (Å²) >= 11 is 2.22. The van der Waals surface area contributed by atoms with Gasteiger partial charge in [0.05, 0.1) is 17.3 Å². The second kappa shape index (κ2) is 9.41. The number of rotatable bonds is 0. The quantitative estimate of drug-likeness (QED) is 0.354. The maximum Gasteiger partial charge on any atom is 0.0703 e. The zero-order valence-electron chi connectivity index (χ0n) is 6.50. The summed E-state index contributed by atoms with van der Waals surface area (Å²) in [6, 6.07) is 0. The molecule has 0 atom stereocenters. The van der Waals surface area contributed by atoms with Crippen molar-refractivity contribution in [3.8, 4) is 35.5 Å². The molecule has 0 bridgehead atoms. The zero-order chi connectivity index (χ0) is 8.36. The van der Waals surface area contributed by atoms with Gasteiger partial charge in [0.15, 0.2) is 0 Å². The molecule has 0 heterocycles. The molecule has 0 aliphatic carbocycles. The smallest absolute Gasteiger partial charge is 0.0703 e. The summed E-state index contributed by atoms with van der Waals surface area (Å²) in [6.07, 6.45) is 1.34. The Kier molecular flexibility index (Phi) is 8.91. The van der Waals surface area contributed by atoms with Crippen molar-refractivity contribution in [3.05, 3.63) is 0 Å². The van der Waals surface area contributed by atoms with Crippen molar-refractivity contribution in [1.82, 2.24) is 0 Å². The summed E-state index contributed by atoms with van der Waals surface area (Å²) in [5, 5.41) is 0. The lowest BCUT2D eigenvalue weighted by Gasteiger charge is -1.71. The summed E-state index contributed by atoms with van der Waals surface area (Å²) in [5.41, 5.74) is 0. The van der Waals surface area contributed by atoms with Gasteiger partial charge in [0.25, 0.3) is 0 Å². The zero-order valence-corrected chi connectivity index (χ0v) is 8.66. The Bertz CT molecular complexity index is 256. The van der Waals surface area contributed by atoms with Crippen LogP contribution in [0.15, 0.2) is 0 Å². The van der Waals surface area contributed by atoms with Crippen LogP contribution in [0.5, 0.6) is 0 Å². The van der Waals surface area contributed by atoms with Gasteiger partial charge in [0.1, 0.15) is 0 Å². The van der Waals surface area contributed by atoms with E-state index in [1.165, 1.54) is 0 Å². The van der Waals surface area contributed by atoms with Gasteiger partial charge in [0, 0.05) is 0 Å². The first-order valence-electron chi connectivity index (χ1n) is 3.29. The molecule has 0 unspecified atom stereocenters. The van der Waals surface area contributed by atoms with E-state index >= 15 is 0 Å². The lowest BCUT2D eigenvalue weighted by atomic mass is 10.3. The number of halogens is 1. The molecule has 0 saturated heterocycles. The molecule has 11 heavy (non-hydrogen) atoms. The average molecular weight is 256 g/mol. The molecule has 0 spiro atoms. The van der Waals surface area contributed by atoms with E-state index in [2.05, 4.69) is 58.1 Å². The number of hydrogen-bond donors (Lipinski definition) is 0. The van der Waals surface area contributed by atoms with Crippen molar-refractivity contribution in [2.45, 2.75) is 19.8 Å². The van der Waals surface area contributed by atoms with Crippen LogP contribution in [-0.4, -0.2) is 4.43 Å². The van der Waals surface area contributed by atoms with Crippen LogP contribution in [0.1, 0.15) is 19.8 Å². The Morgan fingerprint density at radius 2 is 1.45 bits per heavy atom.